The average molecular weight is 385 g/mol. The second-order valence-corrected chi connectivity index (χ2v) is 6.48. The number of urea groups is 1. The molecule has 0 atom stereocenters. The number of benzene rings is 2. The van der Waals surface area contributed by atoms with E-state index in [4.69, 9.17) is 4.52 Å². The van der Waals surface area contributed by atoms with Gasteiger partial charge in [-0.25, -0.2) is 4.79 Å². The van der Waals surface area contributed by atoms with E-state index in [-0.39, 0.29) is 6.03 Å². The zero-order valence-electron chi connectivity index (χ0n) is 15.8. The first-order valence-electron chi connectivity index (χ1n) is 9.13. The summed E-state index contributed by atoms with van der Waals surface area (Å²) < 4.78 is 5.38. The van der Waals surface area contributed by atoms with Gasteiger partial charge in [-0.1, -0.05) is 41.6 Å². The topological polar surface area (TPSA) is 92.9 Å². The van der Waals surface area contributed by atoms with Crippen LogP contribution in [0.1, 0.15) is 17.0 Å². The van der Waals surface area contributed by atoms with Gasteiger partial charge in [-0.3, -0.25) is 4.98 Å². The minimum absolute atomic E-state index is 0.312. The fraction of sp³-hybridized carbons (Fsp3) is 0.0909. The number of pyridine rings is 1. The highest BCUT2D eigenvalue weighted by molar-refractivity contribution is 6.00. The Bertz CT molecular complexity index is 1120. The molecule has 7 heteroatoms. The summed E-state index contributed by atoms with van der Waals surface area (Å²) in [6.45, 7) is 1.94. The molecule has 29 heavy (non-hydrogen) atoms. The van der Waals surface area contributed by atoms with E-state index < -0.39 is 0 Å². The number of nitrogens with one attached hydrogen (secondary N) is 2. The Morgan fingerprint density at radius 2 is 1.72 bits per heavy atom. The van der Waals surface area contributed by atoms with Gasteiger partial charge >= 0.3 is 6.03 Å². The number of nitrogens with zero attached hydrogens (tertiary/aromatic N) is 3. The Kier molecular flexibility index (Phi) is 5.29. The highest BCUT2D eigenvalue weighted by Crippen LogP contribution is 2.21. The third kappa shape index (κ3) is 4.47. The molecule has 0 saturated carbocycles. The third-order valence-electron chi connectivity index (χ3n) is 4.39. The molecular formula is C22H19N5O2. The number of carbonyl (C=O) groups excluding carboxylic acids is 1. The van der Waals surface area contributed by atoms with E-state index in [1.165, 1.54) is 0 Å². The Morgan fingerprint density at radius 1 is 0.966 bits per heavy atom. The maximum Gasteiger partial charge on any atom is 0.323 e. The number of para-hydroxylation sites is 2. The van der Waals surface area contributed by atoms with Crippen LogP contribution in [0.2, 0.25) is 0 Å². The molecule has 144 valence electrons. The van der Waals surface area contributed by atoms with Crippen LogP contribution < -0.4 is 10.6 Å². The number of carbonyl (C=O) groups is 1. The lowest BCUT2D eigenvalue weighted by molar-refractivity contribution is 0.262. The van der Waals surface area contributed by atoms with Gasteiger partial charge < -0.3 is 15.2 Å². The molecule has 2 amide bonds. The first kappa shape index (κ1) is 18.4. The predicted molar refractivity (Wildman–Crippen MR) is 111 cm³/mol. The molecule has 4 aromatic rings. The van der Waals surface area contributed by atoms with Crippen LogP contribution in [0.5, 0.6) is 0 Å². The molecule has 0 unspecified atom stereocenters. The summed E-state index contributed by atoms with van der Waals surface area (Å²) in [6.07, 6.45) is 3.77. The Hall–Kier alpha value is -4.00. The summed E-state index contributed by atoms with van der Waals surface area (Å²) >= 11 is 0. The lowest BCUT2D eigenvalue weighted by Gasteiger charge is -2.12. The van der Waals surface area contributed by atoms with Crippen molar-refractivity contribution in [1.82, 2.24) is 15.1 Å². The van der Waals surface area contributed by atoms with Crippen molar-refractivity contribution in [1.29, 1.82) is 0 Å². The predicted octanol–water partition coefficient (Wildman–Crippen LogP) is 4.67. The van der Waals surface area contributed by atoms with Crippen LogP contribution in [-0.4, -0.2) is 21.2 Å². The second kappa shape index (κ2) is 8.35. The van der Waals surface area contributed by atoms with Crippen LogP contribution in [0.3, 0.4) is 0 Å². The molecule has 0 fully saturated rings. The maximum atomic E-state index is 12.4. The van der Waals surface area contributed by atoms with Gasteiger partial charge in [-0.2, -0.15) is 4.98 Å². The lowest BCUT2D eigenvalue weighted by atomic mass is 10.1. The Morgan fingerprint density at radius 3 is 2.52 bits per heavy atom. The van der Waals surface area contributed by atoms with Crippen molar-refractivity contribution in [3.8, 4) is 11.4 Å². The molecule has 4 rings (SSSR count). The third-order valence-corrected chi connectivity index (χ3v) is 4.39. The van der Waals surface area contributed by atoms with Crippen LogP contribution in [0, 0.1) is 6.92 Å². The van der Waals surface area contributed by atoms with Crippen molar-refractivity contribution in [3.05, 3.63) is 90.1 Å². The van der Waals surface area contributed by atoms with Crippen LogP contribution in [0.15, 0.2) is 77.6 Å². The van der Waals surface area contributed by atoms with Gasteiger partial charge in [0, 0.05) is 29.3 Å². The van der Waals surface area contributed by atoms with Crippen molar-refractivity contribution in [2.24, 2.45) is 0 Å². The molecule has 0 bridgehead atoms. The molecular weight excluding hydrogens is 366 g/mol. The standard InChI is InChI=1S/C22H19N5O2/c1-15-7-2-4-10-18(15)24-22(28)25-19-11-5-3-8-16(19)13-20-26-21(27-29-20)17-9-6-12-23-14-17/h2-12,14H,13H2,1H3,(H2,24,25,28). The Balaban J connectivity index is 1.48. The molecule has 0 aliphatic heterocycles. The molecule has 7 nitrogen and oxygen atoms in total. The fourth-order valence-electron chi connectivity index (χ4n) is 2.89. The van der Waals surface area contributed by atoms with Crippen LogP contribution in [-0.2, 0) is 6.42 Å². The first-order valence-corrected chi connectivity index (χ1v) is 9.13. The first-order chi connectivity index (χ1) is 14.2. The number of aromatic nitrogens is 3. The zero-order valence-corrected chi connectivity index (χ0v) is 15.8. The number of hydrogen-bond donors (Lipinski definition) is 2. The largest absolute Gasteiger partial charge is 0.339 e. The van der Waals surface area contributed by atoms with Gasteiger partial charge in [0.25, 0.3) is 0 Å². The molecule has 2 heterocycles. The maximum absolute atomic E-state index is 12.4. The molecule has 0 aliphatic carbocycles. The van der Waals surface area contributed by atoms with E-state index in [1.807, 2.05) is 67.6 Å². The molecule has 2 N–H and O–H groups in total. The number of hydrogen-bond acceptors (Lipinski definition) is 5. The number of aryl methyl sites for hydroxylation is 1. The summed E-state index contributed by atoms with van der Waals surface area (Å²) in [5.74, 6) is 0.938. The van der Waals surface area contributed by atoms with Crippen molar-refractivity contribution < 1.29 is 9.32 Å². The van der Waals surface area contributed by atoms with E-state index in [2.05, 4.69) is 25.8 Å². The SMILES string of the molecule is Cc1ccccc1NC(=O)Nc1ccccc1Cc1nc(-c2cccnc2)no1. The van der Waals surface area contributed by atoms with Crippen molar-refractivity contribution in [2.75, 3.05) is 10.6 Å². The second-order valence-electron chi connectivity index (χ2n) is 6.48. The van der Waals surface area contributed by atoms with Crippen molar-refractivity contribution >= 4 is 17.4 Å². The summed E-state index contributed by atoms with van der Waals surface area (Å²) in [7, 11) is 0. The van der Waals surface area contributed by atoms with Gasteiger partial charge in [-0.15, -0.1) is 0 Å². The van der Waals surface area contributed by atoms with Gasteiger partial charge in [0.05, 0.1) is 6.42 Å². The lowest BCUT2D eigenvalue weighted by Crippen LogP contribution is -2.20. The van der Waals surface area contributed by atoms with Gasteiger partial charge in [0.2, 0.25) is 11.7 Å². The van der Waals surface area contributed by atoms with Crippen molar-refractivity contribution in [3.63, 3.8) is 0 Å². The summed E-state index contributed by atoms with van der Waals surface area (Å²) in [6, 6.07) is 18.5. The normalized spacial score (nSPS) is 10.5. The summed E-state index contributed by atoms with van der Waals surface area (Å²) in [5.41, 5.74) is 4.09. The monoisotopic (exact) mass is 385 g/mol. The van der Waals surface area contributed by atoms with Gasteiger partial charge in [-0.05, 0) is 42.3 Å². The molecule has 0 radical (unpaired) electrons. The zero-order chi connectivity index (χ0) is 20.1. The summed E-state index contributed by atoms with van der Waals surface area (Å²) in [4.78, 5) is 20.9. The number of rotatable bonds is 5. The van der Waals surface area contributed by atoms with E-state index in [9.17, 15) is 4.79 Å². The van der Waals surface area contributed by atoms with Gasteiger partial charge in [0.15, 0.2) is 0 Å². The fourth-order valence-corrected chi connectivity index (χ4v) is 2.89. The van der Waals surface area contributed by atoms with E-state index >= 15 is 0 Å². The molecule has 0 aliphatic rings. The number of amides is 2. The quantitative estimate of drug-likeness (QED) is 0.520. The average Bonchev–Trinajstić information content (AvgIpc) is 3.20. The van der Waals surface area contributed by atoms with E-state index in [1.54, 1.807) is 12.4 Å². The van der Waals surface area contributed by atoms with Gasteiger partial charge in [0.1, 0.15) is 0 Å². The van der Waals surface area contributed by atoms with Crippen molar-refractivity contribution in [2.45, 2.75) is 13.3 Å². The van der Waals surface area contributed by atoms with Crippen LogP contribution in [0.4, 0.5) is 16.2 Å². The highest BCUT2D eigenvalue weighted by Gasteiger charge is 2.13. The molecule has 0 spiro atoms. The molecule has 2 aromatic heterocycles. The van der Waals surface area contributed by atoms with E-state index in [0.29, 0.717) is 23.8 Å². The molecule has 2 aromatic carbocycles. The van der Waals surface area contributed by atoms with Crippen LogP contribution in [0.25, 0.3) is 11.4 Å². The minimum atomic E-state index is -0.312. The molecule has 0 saturated heterocycles. The highest BCUT2D eigenvalue weighted by atomic mass is 16.5. The number of anilines is 2. The smallest absolute Gasteiger partial charge is 0.323 e. The van der Waals surface area contributed by atoms with E-state index in [0.717, 1.165) is 22.4 Å². The minimum Gasteiger partial charge on any atom is -0.339 e. The Labute approximate surface area is 167 Å². The summed E-state index contributed by atoms with van der Waals surface area (Å²) in [5, 5.41) is 9.77. The van der Waals surface area contributed by atoms with Crippen LogP contribution >= 0.6 is 0 Å².